The molecule has 0 spiro atoms. The van der Waals surface area contributed by atoms with Crippen LogP contribution in [0.2, 0.25) is 0 Å². The molecule has 0 aliphatic carbocycles. The third kappa shape index (κ3) is 1.48. The second-order valence-electron chi connectivity index (χ2n) is 3.64. The molecule has 3 N–H and O–H groups in total. The second-order valence-corrected chi connectivity index (χ2v) is 3.64. The summed E-state index contributed by atoms with van der Waals surface area (Å²) in [4.78, 5) is 15.8. The lowest BCUT2D eigenvalue weighted by molar-refractivity contribution is 0.0960. The number of carbonyl (C=O) groups is 1. The van der Waals surface area contributed by atoms with E-state index in [0.717, 1.165) is 16.3 Å². The largest absolute Gasteiger partial charge is 0.398 e. The molecule has 0 fully saturated rings. The van der Waals surface area contributed by atoms with Gasteiger partial charge in [-0.15, -0.1) is 0 Å². The van der Waals surface area contributed by atoms with Crippen LogP contribution < -0.4 is 11.1 Å². The molecule has 1 aromatic heterocycles. The first-order valence-electron chi connectivity index (χ1n) is 5.01. The fraction of sp³-hybridized carbons (Fsp3) is 0.167. The van der Waals surface area contributed by atoms with Gasteiger partial charge in [0.25, 0.3) is 5.91 Å². The predicted octanol–water partition coefficient (Wildman–Crippen LogP) is 1.49. The van der Waals surface area contributed by atoms with Gasteiger partial charge in [0, 0.05) is 29.7 Å². The Hall–Kier alpha value is -2.10. The average molecular weight is 215 g/mol. The fourth-order valence-corrected chi connectivity index (χ4v) is 1.80. The van der Waals surface area contributed by atoms with E-state index in [4.69, 9.17) is 5.73 Å². The summed E-state index contributed by atoms with van der Waals surface area (Å²) < 4.78 is 0. The third-order valence-electron chi connectivity index (χ3n) is 2.58. The lowest BCUT2D eigenvalue weighted by Gasteiger charge is -2.08. The van der Waals surface area contributed by atoms with E-state index < -0.39 is 0 Å². The van der Waals surface area contributed by atoms with Crippen LogP contribution in [0.5, 0.6) is 0 Å². The molecular weight excluding hydrogens is 202 g/mol. The zero-order chi connectivity index (χ0) is 11.7. The van der Waals surface area contributed by atoms with Gasteiger partial charge in [0.05, 0.1) is 0 Å². The van der Waals surface area contributed by atoms with E-state index in [0.29, 0.717) is 11.4 Å². The van der Waals surface area contributed by atoms with Crippen molar-refractivity contribution in [2.45, 2.75) is 6.92 Å². The topological polar surface area (TPSA) is 68.0 Å². The van der Waals surface area contributed by atoms with Gasteiger partial charge in [-0.2, -0.15) is 0 Å². The van der Waals surface area contributed by atoms with Crippen LogP contribution in [-0.2, 0) is 0 Å². The van der Waals surface area contributed by atoms with Crippen molar-refractivity contribution in [2.75, 3.05) is 12.8 Å². The average Bonchev–Trinajstić information content (AvgIpc) is 2.28. The number of carbonyl (C=O) groups excluding carboxylic acids is 1. The summed E-state index contributed by atoms with van der Waals surface area (Å²) in [6.07, 6.45) is 1.67. The Morgan fingerprint density at radius 3 is 2.88 bits per heavy atom. The van der Waals surface area contributed by atoms with Crippen LogP contribution in [-0.4, -0.2) is 17.9 Å². The molecule has 1 heterocycles. The molecule has 0 aliphatic heterocycles. The van der Waals surface area contributed by atoms with Gasteiger partial charge in [-0.1, -0.05) is 12.1 Å². The van der Waals surface area contributed by atoms with Gasteiger partial charge in [0.2, 0.25) is 0 Å². The summed E-state index contributed by atoms with van der Waals surface area (Å²) in [7, 11) is 1.59. The molecule has 2 rings (SSSR count). The number of hydrogen-bond donors (Lipinski definition) is 2. The molecule has 0 aliphatic rings. The molecule has 1 aromatic carbocycles. The number of nitrogen functional groups attached to an aromatic ring is 1. The highest BCUT2D eigenvalue weighted by atomic mass is 16.1. The highest BCUT2D eigenvalue weighted by molar-refractivity contribution is 6.08. The standard InChI is InChI=1S/C12H13N3O/c1-7-6-15-11(12(16)14-2)8-4-3-5-9(13)10(7)8/h3-6H,13H2,1-2H3,(H,14,16). The maximum atomic E-state index is 11.6. The minimum Gasteiger partial charge on any atom is -0.398 e. The van der Waals surface area contributed by atoms with Gasteiger partial charge in [-0.25, -0.2) is 0 Å². The van der Waals surface area contributed by atoms with Gasteiger partial charge in [0.15, 0.2) is 0 Å². The number of nitrogens with one attached hydrogen (secondary N) is 1. The highest BCUT2D eigenvalue weighted by Gasteiger charge is 2.12. The van der Waals surface area contributed by atoms with Crippen LogP contribution in [0.4, 0.5) is 5.69 Å². The molecule has 0 saturated heterocycles. The minimum absolute atomic E-state index is 0.199. The maximum Gasteiger partial charge on any atom is 0.270 e. The third-order valence-corrected chi connectivity index (χ3v) is 2.58. The molecule has 0 saturated carbocycles. The van der Waals surface area contributed by atoms with Crippen LogP contribution in [0.3, 0.4) is 0 Å². The highest BCUT2D eigenvalue weighted by Crippen LogP contribution is 2.25. The van der Waals surface area contributed by atoms with Gasteiger partial charge in [-0.05, 0) is 18.6 Å². The molecule has 82 valence electrons. The summed E-state index contributed by atoms with van der Waals surface area (Å²) in [5.74, 6) is -0.199. The molecular formula is C12H13N3O. The summed E-state index contributed by atoms with van der Waals surface area (Å²) in [5.41, 5.74) is 7.96. The van der Waals surface area contributed by atoms with Crippen molar-refractivity contribution < 1.29 is 4.79 Å². The first kappa shape index (κ1) is 10.4. The molecule has 0 radical (unpaired) electrons. The van der Waals surface area contributed by atoms with Crippen molar-refractivity contribution in [1.29, 1.82) is 0 Å². The van der Waals surface area contributed by atoms with Crippen molar-refractivity contribution in [3.8, 4) is 0 Å². The summed E-state index contributed by atoms with van der Waals surface area (Å²) in [6, 6.07) is 5.50. The van der Waals surface area contributed by atoms with Gasteiger partial charge < -0.3 is 11.1 Å². The molecule has 2 aromatic rings. The van der Waals surface area contributed by atoms with E-state index in [1.54, 1.807) is 13.2 Å². The van der Waals surface area contributed by atoms with Crippen LogP contribution in [0, 0.1) is 6.92 Å². The van der Waals surface area contributed by atoms with Crippen molar-refractivity contribution in [3.05, 3.63) is 35.7 Å². The number of fused-ring (bicyclic) bond motifs is 1. The number of benzene rings is 1. The van der Waals surface area contributed by atoms with Crippen molar-refractivity contribution in [2.24, 2.45) is 0 Å². The van der Waals surface area contributed by atoms with Gasteiger partial charge >= 0.3 is 0 Å². The Morgan fingerprint density at radius 2 is 2.19 bits per heavy atom. The van der Waals surface area contributed by atoms with E-state index in [-0.39, 0.29) is 5.91 Å². The number of rotatable bonds is 1. The molecule has 0 atom stereocenters. The monoisotopic (exact) mass is 215 g/mol. The fourth-order valence-electron chi connectivity index (χ4n) is 1.80. The summed E-state index contributed by atoms with van der Waals surface area (Å²) in [6.45, 7) is 1.93. The number of nitrogens with zero attached hydrogens (tertiary/aromatic N) is 1. The number of aromatic nitrogens is 1. The van der Waals surface area contributed by atoms with E-state index in [1.165, 1.54) is 0 Å². The van der Waals surface area contributed by atoms with Crippen molar-refractivity contribution in [3.63, 3.8) is 0 Å². The molecule has 0 bridgehead atoms. The van der Waals surface area contributed by atoms with Crippen LogP contribution in [0.1, 0.15) is 16.1 Å². The Kier molecular flexibility index (Phi) is 2.48. The first-order valence-corrected chi connectivity index (χ1v) is 5.01. The zero-order valence-electron chi connectivity index (χ0n) is 9.24. The zero-order valence-corrected chi connectivity index (χ0v) is 9.24. The van der Waals surface area contributed by atoms with E-state index in [1.807, 2.05) is 25.1 Å². The van der Waals surface area contributed by atoms with Crippen LogP contribution in [0.15, 0.2) is 24.4 Å². The molecule has 4 heteroatoms. The predicted molar refractivity (Wildman–Crippen MR) is 64.3 cm³/mol. The maximum absolute atomic E-state index is 11.6. The number of aryl methyl sites for hydroxylation is 1. The first-order chi connectivity index (χ1) is 7.65. The SMILES string of the molecule is CNC(=O)c1ncc(C)c2c(N)cccc12. The Balaban J connectivity index is 2.84. The van der Waals surface area contributed by atoms with Crippen LogP contribution >= 0.6 is 0 Å². The number of amides is 1. The second kappa shape index (κ2) is 3.81. The van der Waals surface area contributed by atoms with Crippen molar-refractivity contribution >= 4 is 22.4 Å². The summed E-state index contributed by atoms with van der Waals surface area (Å²) >= 11 is 0. The molecule has 1 amide bonds. The quantitative estimate of drug-likeness (QED) is 0.708. The van der Waals surface area contributed by atoms with Gasteiger partial charge in [-0.3, -0.25) is 9.78 Å². The normalized spacial score (nSPS) is 10.4. The molecule has 16 heavy (non-hydrogen) atoms. The van der Waals surface area contributed by atoms with Crippen LogP contribution in [0.25, 0.3) is 10.8 Å². The number of pyridine rings is 1. The lowest BCUT2D eigenvalue weighted by atomic mass is 10.0. The molecule has 4 nitrogen and oxygen atoms in total. The lowest BCUT2D eigenvalue weighted by Crippen LogP contribution is -2.19. The van der Waals surface area contributed by atoms with E-state index in [2.05, 4.69) is 10.3 Å². The van der Waals surface area contributed by atoms with Crippen molar-refractivity contribution in [1.82, 2.24) is 10.3 Å². The molecule has 0 unspecified atom stereocenters. The summed E-state index contributed by atoms with van der Waals surface area (Å²) in [5, 5.41) is 4.26. The Labute approximate surface area is 93.5 Å². The number of nitrogens with two attached hydrogens (primary N) is 1. The van der Waals surface area contributed by atoms with E-state index in [9.17, 15) is 4.79 Å². The Morgan fingerprint density at radius 1 is 1.44 bits per heavy atom. The van der Waals surface area contributed by atoms with E-state index >= 15 is 0 Å². The minimum atomic E-state index is -0.199. The smallest absolute Gasteiger partial charge is 0.270 e. The Bertz CT molecular complexity index is 555. The number of hydrogen-bond acceptors (Lipinski definition) is 3. The number of anilines is 1. The van der Waals surface area contributed by atoms with Gasteiger partial charge in [0.1, 0.15) is 5.69 Å².